The van der Waals surface area contributed by atoms with Crippen LogP contribution in [0.5, 0.6) is 0 Å². The zero-order valence-electron chi connectivity index (χ0n) is 9.25. The van der Waals surface area contributed by atoms with Crippen LogP contribution in [0.4, 0.5) is 0 Å². The van der Waals surface area contributed by atoms with Gasteiger partial charge in [0.25, 0.3) is 0 Å². The summed E-state index contributed by atoms with van der Waals surface area (Å²) in [5.41, 5.74) is 2.35. The number of hydrogen-bond donors (Lipinski definition) is 1. The smallest absolute Gasteiger partial charge is 0.192 e. The van der Waals surface area contributed by atoms with Crippen LogP contribution in [0, 0.1) is 0 Å². The van der Waals surface area contributed by atoms with Crippen LogP contribution in [0.1, 0.15) is 18.1 Å². The second-order valence-corrected chi connectivity index (χ2v) is 3.87. The van der Waals surface area contributed by atoms with Crippen LogP contribution in [-0.2, 0) is 21.8 Å². The molecule has 3 nitrogen and oxygen atoms in total. The summed E-state index contributed by atoms with van der Waals surface area (Å²) in [5.74, 6) is -0.543. The van der Waals surface area contributed by atoms with E-state index in [-0.39, 0.29) is 0 Å². The number of ether oxygens (including phenoxy) is 2. The van der Waals surface area contributed by atoms with Crippen molar-refractivity contribution < 1.29 is 9.47 Å². The summed E-state index contributed by atoms with van der Waals surface area (Å²) < 4.78 is 11.2. The van der Waals surface area contributed by atoms with E-state index in [1.165, 1.54) is 5.56 Å². The Balaban J connectivity index is 2.15. The summed E-state index contributed by atoms with van der Waals surface area (Å²) in [5, 5.41) is 3.12. The molecule has 15 heavy (non-hydrogen) atoms. The lowest BCUT2D eigenvalue weighted by molar-refractivity contribution is -0.149. The van der Waals surface area contributed by atoms with Gasteiger partial charge in [0, 0.05) is 12.1 Å². The predicted octanol–water partition coefficient (Wildman–Crippen LogP) is 1.63. The van der Waals surface area contributed by atoms with Gasteiger partial charge in [-0.05, 0) is 19.5 Å². The lowest BCUT2D eigenvalue weighted by Crippen LogP contribution is -2.22. The summed E-state index contributed by atoms with van der Waals surface area (Å²) in [6.07, 6.45) is 0. The molecule has 1 fully saturated rings. The monoisotopic (exact) mass is 207 g/mol. The molecule has 1 aliphatic heterocycles. The Morgan fingerprint density at radius 3 is 2.33 bits per heavy atom. The van der Waals surface area contributed by atoms with Gasteiger partial charge in [0.05, 0.1) is 13.2 Å². The van der Waals surface area contributed by atoms with Crippen LogP contribution in [0.25, 0.3) is 0 Å². The largest absolute Gasteiger partial charge is 0.344 e. The number of nitrogens with one attached hydrogen (secondary N) is 1. The predicted molar refractivity (Wildman–Crippen MR) is 58.5 cm³/mol. The van der Waals surface area contributed by atoms with Gasteiger partial charge in [-0.2, -0.15) is 0 Å². The van der Waals surface area contributed by atoms with Crippen molar-refractivity contribution in [2.24, 2.45) is 0 Å². The normalized spacial score (nSPS) is 19.3. The first-order valence-corrected chi connectivity index (χ1v) is 5.26. The number of rotatable bonds is 3. The van der Waals surface area contributed by atoms with Gasteiger partial charge < -0.3 is 14.8 Å². The van der Waals surface area contributed by atoms with Gasteiger partial charge in [-0.1, -0.05) is 24.3 Å². The first-order valence-electron chi connectivity index (χ1n) is 5.26. The molecule has 82 valence electrons. The quantitative estimate of drug-likeness (QED) is 0.817. The van der Waals surface area contributed by atoms with Crippen molar-refractivity contribution in [2.75, 3.05) is 20.3 Å². The minimum atomic E-state index is -0.543. The van der Waals surface area contributed by atoms with Crippen molar-refractivity contribution >= 4 is 0 Å². The van der Waals surface area contributed by atoms with Crippen LogP contribution >= 0.6 is 0 Å². The highest BCUT2D eigenvalue weighted by Gasteiger charge is 2.32. The molecule has 1 N–H and O–H groups in total. The van der Waals surface area contributed by atoms with Crippen molar-refractivity contribution in [1.29, 1.82) is 0 Å². The van der Waals surface area contributed by atoms with Gasteiger partial charge in [0.15, 0.2) is 5.79 Å². The maximum Gasteiger partial charge on any atom is 0.192 e. The van der Waals surface area contributed by atoms with E-state index in [1.54, 1.807) is 0 Å². The topological polar surface area (TPSA) is 30.5 Å². The van der Waals surface area contributed by atoms with Gasteiger partial charge in [-0.15, -0.1) is 0 Å². The van der Waals surface area contributed by atoms with Crippen LogP contribution < -0.4 is 5.32 Å². The molecule has 0 radical (unpaired) electrons. The summed E-state index contributed by atoms with van der Waals surface area (Å²) >= 11 is 0. The van der Waals surface area contributed by atoms with E-state index in [2.05, 4.69) is 29.6 Å². The summed E-state index contributed by atoms with van der Waals surface area (Å²) in [4.78, 5) is 0. The Hall–Kier alpha value is -0.900. The maximum atomic E-state index is 5.59. The molecular formula is C12H17NO2. The van der Waals surface area contributed by atoms with Gasteiger partial charge in [0.2, 0.25) is 0 Å². The van der Waals surface area contributed by atoms with Gasteiger partial charge >= 0.3 is 0 Å². The van der Waals surface area contributed by atoms with E-state index in [4.69, 9.17) is 9.47 Å². The molecular weight excluding hydrogens is 190 g/mol. The minimum Gasteiger partial charge on any atom is -0.344 e. The summed E-state index contributed by atoms with van der Waals surface area (Å²) in [6, 6.07) is 8.33. The van der Waals surface area contributed by atoms with E-state index in [0.717, 1.165) is 12.1 Å². The second kappa shape index (κ2) is 4.31. The molecule has 1 aromatic carbocycles. The average molecular weight is 207 g/mol. The van der Waals surface area contributed by atoms with Crippen LogP contribution in [0.15, 0.2) is 24.3 Å². The highest BCUT2D eigenvalue weighted by atomic mass is 16.7. The van der Waals surface area contributed by atoms with Gasteiger partial charge in [-0.25, -0.2) is 0 Å². The highest BCUT2D eigenvalue weighted by molar-refractivity contribution is 5.25. The molecule has 0 aliphatic carbocycles. The molecule has 0 aromatic heterocycles. The molecule has 0 amide bonds. The van der Waals surface area contributed by atoms with E-state index in [9.17, 15) is 0 Å². The van der Waals surface area contributed by atoms with Crippen molar-refractivity contribution in [2.45, 2.75) is 19.3 Å². The van der Waals surface area contributed by atoms with E-state index < -0.39 is 5.79 Å². The molecule has 0 bridgehead atoms. The Morgan fingerprint density at radius 2 is 1.80 bits per heavy atom. The van der Waals surface area contributed by atoms with E-state index in [1.807, 2.05) is 14.0 Å². The highest BCUT2D eigenvalue weighted by Crippen LogP contribution is 2.30. The third-order valence-corrected chi connectivity index (χ3v) is 2.70. The molecule has 2 rings (SSSR count). The van der Waals surface area contributed by atoms with Crippen molar-refractivity contribution in [1.82, 2.24) is 5.32 Å². The van der Waals surface area contributed by atoms with E-state index >= 15 is 0 Å². The molecule has 1 saturated heterocycles. The molecule has 0 unspecified atom stereocenters. The standard InChI is InChI=1S/C12H17NO2/c1-12(14-7-8-15-12)11-5-3-10(4-6-11)9-13-2/h3-6,13H,7-9H2,1-2H3. The number of benzene rings is 1. The third-order valence-electron chi connectivity index (χ3n) is 2.70. The minimum absolute atomic E-state index is 0.543. The molecule has 3 heteroatoms. The Bertz CT molecular complexity index is 315. The number of hydrogen-bond acceptors (Lipinski definition) is 3. The molecule has 1 aliphatic rings. The molecule has 1 aromatic rings. The Kier molecular flexibility index (Phi) is 3.05. The lowest BCUT2D eigenvalue weighted by atomic mass is 10.1. The SMILES string of the molecule is CNCc1ccc(C2(C)OCCO2)cc1. The van der Waals surface area contributed by atoms with Crippen molar-refractivity contribution in [3.8, 4) is 0 Å². The van der Waals surface area contributed by atoms with Crippen molar-refractivity contribution in [3.05, 3.63) is 35.4 Å². The van der Waals surface area contributed by atoms with Crippen LogP contribution in [0.3, 0.4) is 0 Å². The first kappa shape index (κ1) is 10.6. The average Bonchev–Trinajstić information content (AvgIpc) is 2.68. The van der Waals surface area contributed by atoms with E-state index in [0.29, 0.717) is 13.2 Å². The second-order valence-electron chi connectivity index (χ2n) is 3.87. The zero-order chi connectivity index (χ0) is 10.7. The van der Waals surface area contributed by atoms with Crippen LogP contribution in [-0.4, -0.2) is 20.3 Å². The fourth-order valence-electron chi connectivity index (χ4n) is 1.81. The molecule has 0 spiro atoms. The lowest BCUT2D eigenvalue weighted by Gasteiger charge is -2.22. The fourth-order valence-corrected chi connectivity index (χ4v) is 1.81. The molecule has 0 saturated carbocycles. The van der Waals surface area contributed by atoms with Crippen LogP contribution in [0.2, 0.25) is 0 Å². The third kappa shape index (κ3) is 2.20. The Morgan fingerprint density at radius 1 is 1.20 bits per heavy atom. The summed E-state index contributed by atoms with van der Waals surface area (Å²) in [6.45, 7) is 4.20. The Labute approximate surface area is 90.4 Å². The first-order chi connectivity index (χ1) is 7.24. The van der Waals surface area contributed by atoms with Gasteiger partial charge in [0.1, 0.15) is 0 Å². The van der Waals surface area contributed by atoms with Crippen molar-refractivity contribution in [3.63, 3.8) is 0 Å². The molecule has 0 atom stereocenters. The fraction of sp³-hybridized carbons (Fsp3) is 0.500. The maximum absolute atomic E-state index is 5.59. The molecule has 1 heterocycles. The zero-order valence-corrected chi connectivity index (χ0v) is 9.25. The summed E-state index contributed by atoms with van der Waals surface area (Å²) in [7, 11) is 1.94. The van der Waals surface area contributed by atoms with Gasteiger partial charge in [-0.3, -0.25) is 0 Å².